The van der Waals surface area contributed by atoms with Gasteiger partial charge in [-0.05, 0) is 61.3 Å². The first kappa shape index (κ1) is 28.0. The number of piperidine rings is 1. The second kappa shape index (κ2) is 13.2. The summed E-state index contributed by atoms with van der Waals surface area (Å²) >= 11 is 0. The predicted molar refractivity (Wildman–Crippen MR) is 141 cm³/mol. The summed E-state index contributed by atoms with van der Waals surface area (Å²) in [6, 6.07) is 5.64. The number of amides is 1. The van der Waals surface area contributed by atoms with Crippen molar-refractivity contribution in [1.29, 1.82) is 0 Å². The quantitative estimate of drug-likeness (QED) is 0.453. The van der Waals surface area contributed by atoms with Gasteiger partial charge in [0.05, 0.1) is 19.8 Å². The largest absolute Gasteiger partial charge is 0.490 e. The van der Waals surface area contributed by atoms with E-state index in [1.807, 2.05) is 26.0 Å². The van der Waals surface area contributed by atoms with Gasteiger partial charge >= 0.3 is 6.01 Å². The normalized spacial score (nSPS) is 18.5. The lowest BCUT2D eigenvalue weighted by Gasteiger charge is -2.30. The van der Waals surface area contributed by atoms with Crippen LogP contribution in [0.4, 0.5) is 10.4 Å². The number of aliphatic hydroxyl groups is 2. The Balaban J connectivity index is 1.26. The Bertz CT molecular complexity index is 1090. The van der Waals surface area contributed by atoms with Gasteiger partial charge in [-0.3, -0.25) is 4.79 Å². The highest BCUT2D eigenvalue weighted by molar-refractivity contribution is 5.80. The van der Waals surface area contributed by atoms with Gasteiger partial charge in [0.2, 0.25) is 5.91 Å². The Hall–Kier alpha value is -2.98. The maximum absolute atomic E-state index is 14.9. The van der Waals surface area contributed by atoms with Crippen molar-refractivity contribution >= 4 is 17.5 Å². The molecule has 0 bridgehead atoms. The van der Waals surface area contributed by atoms with Crippen LogP contribution in [0.25, 0.3) is 5.57 Å². The van der Waals surface area contributed by atoms with Crippen molar-refractivity contribution in [1.82, 2.24) is 15.0 Å². The first-order valence-electron chi connectivity index (χ1n) is 13.6. The molecule has 1 amide bonds. The number of nitrogens with zero attached hydrogens (tertiary/aromatic N) is 4. The summed E-state index contributed by atoms with van der Waals surface area (Å²) in [5.41, 5.74) is 1.82. The third-order valence-corrected chi connectivity index (χ3v) is 7.42. The highest BCUT2D eigenvalue weighted by Gasteiger charge is 2.27. The second-order valence-electron chi connectivity index (χ2n) is 10.4. The molecular weight excluding hydrogens is 491 g/mol. The fourth-order valence-electron chi connectivity index (χ4n) is 5.06. The Morgan fingerprint density at radius 3 is 2.53 bits per heavy atom. The average molecular weight is 531 g/mol. The van der Waals surface area contributed by atoms with Crippen molar-refractivity contribution in [3.05, 3.63) is 41.5 Å². The molecule has 1 aliphatic carbocycles. The van der Waals surface area contributed by atoms with Gasteiger partial charge in [0.1, 0.15) is 0 Å². The van der Waals surface area contributed by atoms with Gasteiger partial charge < -0.3 is 29.3 Å². The first-order valence-corrected chi connectivity index (χ1v) is 13.6. The average Bonchev–Trinajstić information content (AvgIpc) is 3.43. The molecule has 2 N–H and O–H groups in total. The minimum absolute atomic E-state index is 0.0541. The van der Waals surface area contributed by atoms with E-state index in [1.165, 1.54) is 11.0 Å². The van der Waals surface area contributed by atoms with Crippen molar-refractivity contribution in [3.63, 3.8) is 0 Å². The molecule has 0 saturated carbocycles. The molecule has 10 heteroatoms. The molecule has 2 heterocycles. The van der Waals surface area contributed by atoms with E-state index in [2.05, 4.69) is 15.0 Å². The summed E-state index contributed by atoms with van der Waals surface area (Å²) in [7, 11) is 0. The second-order valence-corrected chi connectivity index (χ2v) is 10.4. The van der Waals surface area contributed by atoms with Crippen LogP contribution in [0, 0.1) is 17.7 Å². The molecule has 1 aromatic carbocycles. The Morgan fingerprint density at radius 1 is 1.21 bits per heavy atom. The van der Waals surface area contributed by atoms with Crippen LogP contribution in [0.15, 0.2) is 28.8 Å². The van der Waals surface area contributed by atoms with E-state index < -0.39 is 0 Å². The fraction of sp³-hybridized carbons (Fsp3) is 0.607. The third kappa shape index (κ3) is 6.91. The van der Waals surface area contributed by atoms with Gasteiger partial charge in [-0.15, -0.1) is 0 Å². The van der Waals surface area contributed by atoms with E-state index in [-0.39, 0.29) is 55.6 Å². The van der Waals surface area contributed by atoms with Crippen molar-refractivity contribution < 1.29 is 28.7 Å². The maximum Gasteiger partial charge on any atom is 0.324 e. The molecule has 1 atom stereocenters. The molecule has 1 aromatic heterocycles. The molecule has 1 saturated heterocycles. The van der Waals surface area contributed by atoms with E-state index in [4.69, 9.17) is 9.26 Å². The topological polar surface area (TPSA) is 112 Å². The van der Waals surface area contributed by atoms with Crippen molar-refractivity contribution in [3.8, 4) is 5.75 Å². The number of halogens is 1. The molecule has 0 spiro atoms. The lowest BCUT2D eigenvalue weighted by atomic mass is 9.85. The molecule has 2 aliphatic rings. The Labute approximate surface area is 223 Å². The van der Waals surface area contributed by atoms with Gasteiger partial charge in [0, 0.05) is 38.0 Å². The molecule has 208 valence electrons. The molecule has 2 aromatic rings. The molecule has 4 rings (SSSR count). The highest BCUT2D eigenvalue weighted by Crippen LogP contribution is 2.33. The summed E-state index contributed by atoms with van der Waals surface area (Å²) in [6.07, 6.45) is 5.68. The van der Waals surface area contributed by atoms with Gasteiger partial charge in [-0.25, -0.2) is 4.39 Å². The van der Waals surface area contributed by atoms with Gasteiger partial charge in [-0.1, -0.05) is 31.1 Å². The summed E-state index contributed by atoms with van der Waals surface area (Å²) in [5, 5.41) is 22.4. The number of rotatable bonds is 11. The molecule has 0 radical (unpaired) electrons. The minimum atomic E-state index is -0.386. The Kier molecular flexibility index (Phi) is 9.74. The third-order valence-electron chi connectivity index (χ3n) is 7.42. The fourth-order valence-corrected chi connectivity index (χ4v) is 5.06. The number of carbonyl (C=O) groups is 1. The van der Waals surface area contributed by atoms with Crippen LogP contribution in [0.2, 0.25) is 0 Å². The predicted octanol–water partition coefficient (Wildman–Crippen LogP) is 3.62. The van der Waals surface area contributed by atoms with Crippen molar-refractivity contribution in [2.24, 2.45) is 11.8 Å². The number of aromatic nitrogens is 2. The van der Waals surface area contributed by atoms with Crippen LogP contribution in [0.1, 0.15) is 63.3 Å². The number of benzene rings is 1. The molecule has 9 nitrogen and oxygen atoms in total. The molecule has 1 unspecified atom stereocenters. The van der Waals surface area contributed by atoms with E-state index in [1.54, 1.807) is 6.07 Å². The Morgan fingerprint density at radius 2 is 1.95 bits per heavy atom. The first-order chi connectivity index (χ1) is 18.4. The van der Waals surface area contributed by atoms with E-state index in [9.17, 15) is 19.4 Å². The zero-order chi connectivity index (χ0) is 27.1. The SMILES string of the molecule is CC(C)c1noc(N2CCC(COc3ccc(C4=CCC(C(=O)N(CCO)CCO)CC4)cc3F)CC2)n1. The zero-order valence-corrected chi connectivity index (χ0v) is 22.3. The zero-order valence-electron chi connectivity index (χ0n) is 22.3. The van der Waals surface area contributed by atoms with Crippen molar-refractivity contribution in [2.75, 3.05) is 50.9 Å². The van der Waals surface area contributed by atoms with Gasteiger partial charge in [0.25, 0.3) is 0 Å². The smallest absolute Gasteiger partial charge is 0.324 e. The number of hydrogen-bond donors (Lipinski definition) is 2. The summed E-state index contributed by atoms with van der Waals surface area (Å²) in [6.45, 7) is 6.28. The van der Waals surface area contributed by atoms with Crippen LogP contribution in [-0.2, 0) is 4.79 Å². The highest BCUT2D eigenvalue weighted by atomic mass is 19.1. The number of carbonyl (C=O) groups excluding carboxylic acids is 1. The van der Waals surface area contributed by atoms with Gasteiger partial charge in [0.15, 0.2) is 17.4 Å². The van der Waals surface area contributed by atoms with Gasteiger partial charge in [-0.2, -0.15) is 4.98 Å². The minimum Gasteiger partial charge on any atom is -0.490 e. The standard InChI is InChI=1S/C28H39FN4O5/c1-19(2)26-30-28(38-31-26)33-11-9-20(10-12-33)18-37-25-8-7-23(17-24(25)29)21-3-5-22(6-4-21)27(36)32(13-15-34)14-16-35/h3,7-8,17,19-20,22,34-35H,4-6,9-16,18H2,1-2H3. The monoisotopic (exact) mass is 530 g/mol. The van der Waals surface area contributed by atoms with Crippen LogP contribution >= 0.6 is 0 Å². The number of allylic oxidation sites excluding steroid dienone is 2. The van der Waals surface area contributed by atoms with Crippen molar-refractivity contribution in [2.45, 2.75) is 51.9 Å². The van der Waals surface area contributed by atoms with E-state index in [0.29, 0.717) is 43.6 Å². The van der Waals surface area contributed by atoms with Crippen LogP contribution in [-0.4, -0.2) is 77.2 Å². The molecule has 1 fully saturated rings. The van der Waals surface area contributed by atoms with E-state index >= 15 is 0 Å². The number of anilines is 1. The summed E-state index contributed by atoms with van der Waals surface area (Å²) in [5.74, 6) is 0.885. The number of hydrogen-bond acceptors (Lipinski definition) is 8. The van der Waals surface area contributed by atoms with Crippen LogP contribution in [0.3, 0.4) is 0 Å². The molecule has 1 aliphatic heterocycles. The maximum atomic E-state index is 14.9. The number of ether oxygens (including phenoxy) is 1. The lowest BCUT2D eigenvalue weighted by Crippen LogP contribution is -2.40. The molecular formula is C28H39FN4O5. The van der Waals surface area contributed by atoms with Crippen LogP contribution in [0.5, 0.6) is 5.75 Å². The summed E-state index contributed by atoms with van der Waals surface area (Å²) in [4.78, 5) is 20.8. The molecule has 38 heavy (non-hydrogen) atoms. The summed E-state index contributed by atoms with van der Waals surface area (Å²) < 4.78 is 26.2. The van der Waals surface area contributed by atoms with Crippen LogP contribution < -0.4 is 9.64 Å². The lowest BCUT2D eigenvalue weighted by molar-refractivity contribution is -0.136. The van der Waals surface area contributed by atoms with E-state index in [0.717, 1.165) is 37.1 Å². The number of aliphatic hydroxyl groups excluding tert-OH is 2.